The van der Waals surface area contributed by atoms with Gasteiger partial charge in [0.1, 0.15) is 29.8 Å². The van der Waals surface area contributed by atoms with E-state index in [4.69, 9.17) is 14.2 Å². The van der Waals surface area contributed by atoms with Crippen LogP contribution < -0.4 is 4.74 Å². The van der Waals surface area contributed by atoms with E-state index in [1.165, 1.54) is 24.3 Å². The minimum Gasteiger partial charge on any atom is -0.508 e. The molecule has 1 heterocycles. The van der Waals surface area contributed by atoms with Gasteiger partial charge in [0.25, 0.3) is 0 Å². The van der Waals surface area contributed by atoms with E-state index in [1.54, 1.807) is 6.92 Å². The van der Waals surface area contributed by atoms with Gasteiger partial charge in [-0.1, -0.05) is 0 Å². The first-order valence-corrected chi connectivity index (χ1v) is 6.88. The quantitative estimate of drug-likeness (QED) is 0.435. The highest BCUT2D eigenvalue weighted by molar-refractivity contribution is 5.30. The third-order valence-electron chi connectivity index (χ3n) is 3.35. The minimum atomic E-state index is -2.09. The van der Waals surface area contributed by atoms with Gasteiger partial charge in [-0.15, -0.1) is 0 Å². The van der Waals surface area contributed by atoms with E-state index < -0.39 is 37.0 Å². The molecule has 5 atom stereocenters. The molecule has 1 aliphatic heterocycles. The Labute approximate surface area is 127 Å². The van der Waals surface area contributed by atoms with Gasteiger partial charge in [-0.25, -0.2) is 0 Å². The second-order valence-corrected chi connectivity index (χ2v) is 4.90. The van der Waals surface area contributed by atoms with Gasteiger partial charge in [-0.05, 0) is 31.2 Å². The number of aliphatic hydroxyl groups is 4. The molecule has 0 bridgehead atoms. The second-order valence-electron chi connectivity index (χ2n) is 4.90. The van der Waals surface area contributed by atoms with Crippen molar-refractivity contribution in [2.75, 3.05) is 13.2 Å². The van der Waals surface area contributed by atoms with E-state index in [0.717, 1.165) is 0 Å². The van der Waals surface area contributed by atoms with Gasteiger partial charge in [0, 0.05) is 0 Å². The molecule has 0 spiro atoms. The normalized spacial score (nSPS) is 35.3. The molecule has 1 aromatic rings. The summed E-state index contributed by atoms with van der Waals surface area (Å²) in [6.45, 7) is 1.11. The van der Waals surface area contributed by atoms with Crippen molar-refractivity contribution < 1.29 is 39.7 Å². The van der Waals surface area contributed by atoms with Crippen molar-refractivity contribution in [3.05, 3.63) is 24.3 Å². The van der Waals surface area contributed by atoms with Crippen LogP contribution in [0.25, 0.3) is 0 Å². The number of hydrogen-bond acceptors (Lipinski definition) is 8. The Bertz CT molecular complexity index is 476. The lowest BCUT2D eigenvalue weighted by Gasteiger charge is -2.46. The topological polar surface area (TPSA) is 129 Å². The first-order chi connectivity index (χ1) is 10.4. The van der Waals surface area contributed by atoms with Gasteiger partial charge >= 0.3 is 5.97 Å². The monoisotopic (exact) mass is 316 g/mol. The fourth-order valence-corrected chi connectivity index (χ4v) is 2.22. The third kappa shape index (κ3) is 3.17. The smallest absolute Gasteiger partial charge is 0.357 e. The summed E-state index contributed by atoms with van der Waals surface area (Å²) < 4.78 is 16.2. The van der Waals surface area contributed by atoms with E-state index in [-0.39, 0.29) is 18.1 Å². The van der Waals surface area contributed by atoms with Crippen LogP contribution in [0, 0.1) is 0 Å². The standard InChI is InChI=1S/C14H20O8/c1-2-20-14(21-9-5-3-8(16)4-6-9)13(19)12(18)11(17)10(7-15)22-14/h3-6,10-13,15-19H,2,7H2,1H3/t10-,11-,12+,13-,14+/m1/s1. The van der Waals surface area contributed by atoms with Gasteiger partial charge < -0.3 is 39.7 Å². The highest BCUT2D eigenvalue weighted by Crippen LogP contribution is 2.34. The maximum Gasteiger partial charge on any atom is 0.357 e. The van der Waals surface area contributed by atoms with E-state index in [2.05, 4.69) is 0 Å². The van der Waals surface area contributed by atoms with Crippen LogP contribution in [0.1, 0.15) is 6.92 Å². The number of phenolic OH excluding ortho intramolecular Hbond substituents is 1. The molecule has 2 rings (SSSR count). The summed E-state index contributed by atoms with van der Waals surface area (Å²) in [5.41, 5.74) is 0. The second kappa shape index (κ2) is 6.78. The highest BCUT2D eigenvalue weighted by Gasteiger charge is 2.57. The van der Waals surface area contributed by atoms with Crippen molar-refractivity contribution in [1.82, 2.24) is 0 Å². The van der Waals surface area contributed by atoms with Crippen molar-refractivity contribution >= 4 is 0 Å². The van der Waals surface area contributed by atoms with Gasteiger partial charge in [-0.2, -0.15) is 0 Å². The summed E-state index contributed by atoms with van der Waals surface area (Å²) in [6.07, 6.45) is -6.02. The Morgan fingerprint density at radius 2 is 1.77 bits per heavy atom. The predicted molar refractivity (Wildman–Crippen MR) is 73.1 cm³/mol. The summed E-state index contributed by atoms with van der Waals surface area (Å²) in [5, 5.41) is 48.4. The average Bonchev–Trinajstić information content (AvgIpc) is 2.51. The van der Waals surface area contributed by atoms with Crippen LogP contribution in [0.3, 0.4) is 0 Å². The molecule has 1 fully saturated rings. The van der Waals surface area contributed by atoms with Crippen molar-refractivity contribution in [3.63, 3.8) is 0 Å². The number of ether oxygens (including phenoxy) is 3. The van der Waals surface area contributed by atoms with Gasteiger partial charge in [0.15, 0.2) is 6.10 Å². The number of aromatic hydroxyl groups is 1. The van der Waals surface area contributed by atoms with E-state index >= 15 is 0 Å². The zero-order valence-corrected chi connectivity index (χ0v) is 12.0. The molecular weight excluding hydrogens is 296 g/mol. The molecular formula is C14H20O8. The van der Waals surface area contributed by atoms with Crippen LogP contribution in [-0.2, 0) is 9.47 Å². The fraction of sp³-hybridized carbons (Fsp3) is 0.571. The Kier molecular flexibility index (Phi) is 5.22. The molecule has 1 aliphatic rings. The predicted octanol–water partition coefficient (Wildman–Crippen LogP) is -1.06. The molecule has 0 saturated carbocycles. The summed E-state index contributed by atoms with van der Waals surface area (Å²) in [6, 6.07) is 5.55. The van der Waals surface area contributed by atoms with E-state index in [0.29, 0.717) is 0 Å². The van der Waals surface area contributed by atoms with Crippen LogP contribution >= 0.6 is 0 Å². The zero-order chi connectivity index (χ0) is 16.3. The van der Waals surface area contributed by atoms with Crippen LogP contribution in [0.5, 0.6) is 11.5 Å². The van der Waals surface area contributed by atoms with Crippen molar-refractivity contribution in [2.45, 2.75) is 37.3 Å². The van der Waals surface area contributed by atoms with Gasteiger partial charge in [0.05, 0.1) is 13.2 Å². The zero-order valence-electron chi connectivity index (χ0n) is 12.0. The van der Waals surface area contributed by atoms with Crippen LogP contribution in [0.4, 0.5) is 0 Å². The summed E-state index contributed by atoms with van der Waals surface area (Å²) in [7, 11) is 0. The lowest BCUT2D eigenvalue weighted by atomic mass is 9.97. The maximum absolute atomic E-state index is 10.2. The molecule has 0 aliphatic carbocycles. The molecule has 0 unspecified atom stereocenters. The molecule has 0 radical (unpaired) electrons. The summed E-state index contributed by atoms with van der Waals surface area (Å²) in [5.74, 6) is -1.87. The molecule has 0 amide bonds. The largest absolute Gasteiger partial charge is 0.508 e. The number of benzene rings is 1. The lowest BCUT2D eigenvalue weighted by molar-refractivity contribution is -0.435. The third-order valence-corrected chi connectivity index (χ3v) is 3.35. The minimum absolute atomic E-state index is 0.0200. The summed E-state index contributed by atoms with van der Waals surface area (Å²) in [4.78, 5) is 0. The average molecular weight is 316 g/mol. The van der Waals surface area contributed by atoms with Crippen LogP contribution in [-0.4, -0.2) is 69.1 Å². The molecule has 0 aromatic heterocycles. The van der Waals surface area contributed by atoms with E-state index in [1.807, 2.05) is 0 Å². The SMILES string of the molecule is CCO[C@@]1(Oc2ccc(O)cc2)O[C@H](CO)[C@@H](O)[C@H](O)[C@H]1O. The highest BCUT2D eigenvalue weighted by atomic mass is 16.9. The molecule has 22 heavy (non-hydrogen) atoms. The molecule has 1 saturated heterocycles. The van der Waals surface area contributed by atoms with Crippen molar-refractivity contribution in [3.8, 4) is 11.5 Å². The number of aliphatic hydroxyl groups excluding tert-OH is 4. The molecule has 5 N–H and O–H groups in total. The Hall–Kier alpha value is -1.42. The maximum atomic E-state index is 10.2. The fourth-order valence-electron chi connectivity index (χ4n) is 2.22. The Morgan fingerprint density at radius 1 is 1.14 bits per heavy atom. The Balaban J connectivity index is 2.30. The lowest BCUT2D eigenvalue weighted by Crippen LogP contribution is -2.68. The molecule has 1 aromatic carbocycles. The number of rotatable bonds is 5. The van der Waals surface area contributed by atoms with Crippen molar-refractivity contribution in [1.29, 1.82) is 0 Å². The molecule has 8 heteroatoms. The molecule has 124 valence electrons. The first kappa shape index (κ1) is 16.9. The summed E-state index contributed by atoms with van der Waals surface area (Å²) >= 11 is 0. The Morgan fingerprint density at radius 3 is 2.32 bits per heavy atom. The number of hydrogen-bond donors (Lipinski definition) is 5. The number of phenols is 1. The van der Waals surface area contributed by atoms with Crippen LogP contribution in [0.2, 0.25) is 0 Å². The molecule has 8 nitrogen and oxygen atoms in total. The van der Waals surface area contributed by atoms with Gasteiger partial charge in [0.2, 0.25) is 0 Å². The van der Waals surface area contributed by atoms with Crippen LogP contribution in [0.15, 0.2) is 24.3 Å². The van der Waals surface area contributed by atoms with Crippen molar-refractivity contribution in [2.24, 2.45) is 0 Å². The van der Waals surface area contributed by atoms with Gasteiger partial charge in [-0.3, -0.25) is 0 Å². The van der Waals surface area contributed by atoms with E-state index in [9.17, 15) is 25.5 Å². The first-order valence-electron chi connectivity index (χ1n) is 6.88.